The van der Waals surface area contributed by atoms with Crippen LogP contribution < -0.4 is 10.6 Å². The lowest BCUT2D eigenvalue weighted by Gasteiger charge is -2.24. The lowest BCUT2D eigenvalue weighted by atomic mass is 10.1. The topological polar surface area (TPSA) is 85.6 Å². The number of halogens is 1. The zero-order chi connectivity index (χ0) is 17.3. The zero-order valence-corrected chi connectivity index (χ0v) is 17.9. The first-order valence-electron chi connectivity index (χ1n) is 7.80. The smallest absolute Gasteiger partial charge is 0.191 e. The lowest BCUT2D eigenvalue weighted by Crippen LogP contribution is -2.45. The number of rotatable bonds is 9. The van der Waals surface area contributed by atoms with Gasteiger partial charge in [-0.3, -0.25) is 0 Å². The highest BCUT2D eigenvalue weighted by Gasteiger charge is 2.16. The van der Waals surface area contributed by atoms with Crippen LogP contribution in [-0.4, -0.2) is 60.2 Å². The molecule has 24 heavy (non-hydrogen) atoms. The molecule has 0 spiro atoms. The van der Waals surface area contributed by atoms with Crippen molar-refractivity contribution in [3.63, 3.8) is 0 Å². The molecule has 1 aromatic rings. The SMILES string of the molecule is COCCCNC(=NCc1nnc(C)n1C)NCC(C)(C)OC.I. The summed E-state index contributed by atoms with van der Waals surface area (Å²) < 4.78 is 12.4. The normalized spacial score (nSPS) is 12.0. The first kappa shape index (κ1) is 23.1. The lowest BCUT2D eigenvalue weighted by molar-refractivity contribution is 0.0268. The predicted octanol–water partition coefficient (Wildman–Crippen LogP) is 1.24. The molecule has 0 radical (unpaired) electrons. The van der Waals surface area contributed by atoms with E-state index in [1.165, 1.54) is 0 Å². The minimum Gasteiger partial charge on any atom is -0.385 e. The molecule has 140 valence electrons. The van der Waals surface area contributed by atoms with Crippen molar-refractivity contribution in [1.82, 2.24) is 25.4 Å². The Bertz CT molecular complexity index is 504. The van der Waals surface area contributed by atoms with Crippen molar-refractivity contribution in [1.29, 1.82) is 0 Å². The van der Waals surface area contributed by atoms with Gasteiger partial charge in [0.05, 0.1) is 5.60 Å². The van der Waals surface area contributed by atoms with Crippen LogP contribution in [0.15, 0.2) is 4.99 Å². The molecule has 0 saturated heterocycles. The van der Waals surface area contributed by atoms with Gasteiger partial charge in [-0.2, -0.15) is 0 Å². The Morgan fingerprint density at radius 1 is 1.25 bits per heavy atom. The van der Waals surface area contributed by atoms with Gasteiger partial charge < -0.3 is 24.7 Å². The Kier molecular flexibility index (Phi) is 11.1. The molecule has 1 heterocycles. The first-order valence-corrected chi connectivity index (χ1v) is 7.80. The van der Waals surface area contributed by atoms with Crippen LogP contribution in [0.5, 0.6) is 0 Å². The molecule has 0 aliphatic carbocycles. The van der Waals surface area contributed by atoms with Gasteiger partial charge in [0.25, 0.3) is 0 Å². The van der Waals surface area contributed by atoms with E-state index in [-0.39, 0.29) is 29.6 Å². The van der Waals surface area contributed by atoms with Crippen LogP contribution >= 0.6 is 24.0 Å². The third kappa shape index (κ3) is 8.25. The number of nitrogens with zero attached hydrogens (tertiary/aromatic N) is 4. The summed E-state index contributed by atoms with van der Waals surface area (Å²) in [5.74, 6) is 2.43. The summed E-state index contributed by atoms with van der Waals surface area (Å²) in [6.07, 6.45) is 0.911. The molecule has 0 fully saturated rings. The molecule has 0 amide bonds. The Hall–Kier alpha value is -0.940. The zero-order valence-electron chi connectivity index (χ0n) is 15.5. The van der Waals surface area contributed by atoms with Gasteiger partial charge in [-0.15, -0.1) is 34.2 Å². The van der Waals surface area contributed by atoms with E-state index in [1.54, 1.807) is 14.2 Å². The second-order valence-corrected chi connectivity index (χ2v) is 5.98. The van der Waals surface area contributed by atoms with Crippen molar-refractivity contribution < 1.29 is 9.47 Å². The van der Waals surface area contributed by atoms with Gasteiger partial charge >= 0.3 is 0 Å². The van der Waals surface area contributed by atoms with Crippen LogP contribution in [0, 0.1) is 6.92 Å². The van der Waals surface area contributed by atoms with Crippen LogP contribution in [-0.2, 0) is 23.1 Å². The largest absolute Gasteiger partial charge is 0.385 e. The second kappa shape index (κ2) is 11.6. The van der Waals surface area contributed by atoms with Gasteiger partial charge in [-0.05, 0) is 27.2 Å². The molecule has 0 saturated carbocycles. The molecule has 0 unspecified atom stereocenters. The van der Waals surface area contributed by atoms with E-state index in [4.69, 9.17) is 9.47 Å². The van der Waals surface area contributed by atoms with Crippen LogP contribution in [0.1, 0.15) is 31.9 Å². The van der Waals surface area contributed by atoms with E-state index in [0.29, 0.717) is 19.7 Å². The Morgan fingerprint density at radius 2 is 1.96 bits per heavy atom. The predicted molar refractivity (Wildman–Crippen MR) is 106 cm³/mol. The van der Waals surface area contributed by atoms with Crippen molar-refractivity contribution >= 4 is 29.9 Å². The van der Waals surface area contributed by atoms with Crippen molar-refractivity contribution in [3.05, 3.63) is 11.6 Å². The van der Waals surface area contributed by atoms with Crippen LogP contribution in [0.25, 0.3) is 0 Å². The van der Waals surface area contributed by atoms with Gasteiger partial charge in [0.15, 0.2) is 11.8 Å². The first-order chi connectivity index (χ1) is 10.9. The summed E-state index contributed by atoms with van der Waals surface area (Å²) in [4.78, 5) is 4.58. The molecular weight excluding hydrogens is 423 g/mol. The van der Waals surface area contributed by atoms with Crippen molar-refractivity contribution in [2.24, 2.45) is 12.0 Å². The number of aliphatic imine (C=N–C) groups is 1. The molecule has 0 atom stereocenters. The number of hydrogen-bond acceptors (Lipinski definition) is 5. The number of methoxy groups -OCH3 is 2. The molecule has 8 nitrogen and oxygen atoms in total. The van der Waals surface area contributed by atoms with Crippen molar-refractivity contribution in [2.75, 3.05) is 33.9 Å². The Labute approximate surface area is 161 Å². The average Bonchev–Trinajstić information content (AvgIpc) is 2.85. The van der Waals surface area contributed by atoms with Crippen molar-refractivity contribution in [2.45, 2.75) is 39.3 Å². The molecule has 1 rings (SSSR count). The van der Waals surface area contributed by atoms with Crippen LogP contribution in [0.2, 0.25) is 0 Å². The number of hydrogen-bond donors (Lipinski definition) is 2. The fraction of sp³-hybridized carbons (Fsp3) is 0.800. The average molecular weight is 454 g/mol. The summed E-state index contributed by atoms with van der Waals surface area (Å²) in [7, 11) is 5.34. The maximum atomic E-state index is 5.42. The molecule has 0 bridgehead atoms. The second-order valence-electron chi connectivity index (χ2n) is 5.98. The van der Waals surface area contributed by atoms with E-state index in [1.807, 2.05) is 32.4 Å². The summed E-state index contributed by atoms with van der Waals surface area (Å²) in [5.41, 5.74) is -0.268. The number of guanidine groups is 1. The van der Waals surface area contributed by atoms with Crippen LogP contribution in [0.4, 0.5) is 0 Å². The van der Waals surface area contributed by atoms with Gasteiger partial charge in [-0.25, -0.2) is 4.99 Å². The van der Waals surface area contributed by atoms with Crippen molar-refractivity contribution in [3.8, 4) is 0 Å². The summed E-state index contributed by atoms with van der Waals surface area (Å²) in [6.45, 7) is 8.58. The van der Waals surface area contributed by atoms with Gasteiger partial charge in [0.2, 0.25) is 0 Å². The molecule has 0 aliphatic rings. The number of aryl methyl sites for hydroxylation is 1. The minimum atomic E-state index is -0.268. The maximum Gasteiger partial charge on any atom is 0.191 e. The highest BCUT2D eigenvalue weighted by Crippen LogP contribution is 2.04. The molecule has 0 aliphatic heterocycles. The molecular formula is C15H31IN6O2. The van der Waals surface area contributed by atoms with E-state index in [9.17, 15) is 0 Å². The monoisotopic (exact) mass is 454 g/mol. The molecule has 1 aromatic heterocycles. The molecule has 0 aromatic carbocycles. The number of ether oxygens (including phenoxy) is 2. The standard InChI is InChI=1S/C15H30N6O2.HI/c1-12-19-20-13(21(12)4)10-17-14(16-8-7-9-22-5)18-11-15(2,3)23-6;/h7-11H2,1-6H3,(H2,16,17,18);1H. The summed E-state index contributed by atoms with van der Waals surface area (Å²) >= 11 is 0. The van der Waals surface area contributed by atoms with Crippen LogP contribution in [0.3, 0.4) is 0 Å². The third-order valence-corrected chi connectivity index (χ3v) is 3.61. The Morgan fingerprint density at radius 3 is 2.50 bits per heavy atom. The fourth-order valence-corrected chi connectivity index (χ4v) is 1.70. The van der Waals surface area contributed by atoms with Gasteiger partial charge in [0.1, 0.15) is 12.4 Å². The Balaban J connectivity index is 0.00000529. The highest BCUT2D eigenvalue weighted by atomic mass is 127. The third-order valence-electron chi connectivity index (χ3n) is 3.61. The van der Waals surface area contributed by atoms with Gasteiger partial charge in [0, 0.05) is 41.0 Å². The molecule has 9 heteroatoms. The van der Waals surface area contributed by atoms with E-state index >= 15 is 0 Å². The number of aromatic nitrogens is 3. The van der Waals surface area contributed by atoms with E-state index in [2.05, 4.69) is 25.8 Å². The number of nitrogens with one attached hydrogen (secondary N) is 2. The van der Waals surface area contributed by atoms with E-state index in [0.717, 1.165) is 30.6 Å². The summed E-state index contributed by atoms with van der Waals surface area (Å²) in [6, 6.07) is 0. The van der Waals surface area contributed by atoms with Gasteiger partial charge in [-0.1, -0.05) is 0 Å². The van der Waals surface area contributed by atoms with E-state index < -0.39 is 0 Å². The molecule has 2 N–H and O–H groups in total. The minimum absolute atomic E-state index is 0. The summed E-state index contributed by atoms with van der Waals surface area (Å²) in [5, 5.41) is 14.8. The fourth-order valence-electron chi connectivity index (χ4n) is 1.70. The quantitative estimate of drug-likeness (QED) is 0.253. The highest BCUT2D eigenvalue weighted by molar-refractivity contribution is 14.0. The maximum absolute atomic E-state index is 5.42.